The summed E-state index contributed by atoms with van der Waals surface area (Å²) in [5, 5.41) is 3.45. The molecule has 1 aliphatic heterocycles. The van der Waals surface area contributed by atoms with E-state index in [4.69, 9.17) is 0 Å². The maximum atomic E-state index is 12.6. The van der Waals surface area contributed by atoms with Crippen LogP contribution in [0.5, 0.6) is 0 Å². The zero-order valence-corrected chi connectivity index (χ0v) is 15.2. The molecule has 0 radical (unpaired) electrons. The lowest BCUT2D eigenvalue weighted by Gasteiger charge is -2.21. The van der Waals surface area contributed by atoms with E-state index in [2.05, 4.69) is 22.4 Å². The SMILES string of the molecule is CC(NC1CC(=O)N(C2CC2c2ccccc2)C1)c1ccc(C(F)F)nc1. The standard InChI is InChI=1S/C21H23F2N3O/c1-13(15-7-8-18(21(22)23)24-11-15)25-16-9-20(27)26(12-16)19-10-17(19)14-5-3-2-4-6-14/h2-8,11,13,16-17,19,21,25H,9-10,12H2,1H3. The van der Waals surface area contributed by atoms with Crippen molar-refractivity contribution < 1.29 is 13.6 Å². The molecule has 1 amide bonds. The van der Waals surface area contributed by atoms with Crippen molar-refractivity contribution in [2.24, 2.45) is 0 Å². The van der Waals surface area contributed by atoms with Gasteiger partial charge in [-0.2, -0.15) is 0 Å². The molecule has 1 saturated heterocycles. The summed E-state index contributed by atoms with van der Waals surface area (Å²) in [5.74, 6) is 0.631. The largest absolute Gasteiger partial charge is 0.337 e. The fraction of sp³-hybridized carbons (Fsp3) is 0.429. The van der Waals surface area contributed by atoms with Gasteiger partial charge in [-0.1, -0.05) is 36.4 Å². The molecule has 2 aliphatic rings. The highest BCUT2D eigenvalue weighted by molar-refractivity contribution is 5.80. The first-order chi connectivity index (χ1) is 13.0. The minimum atomic E-state index is -2.56. The monoisotopic (exact) mass is 371 g/mol. The van der Waals surface area contributed by atoms with Gasteiger partial charge in [0.25, 0.3) is 6.43 Å². The number of benzene rings is 1. The lowest BCUT2D eigenvalue weighted by atomic mass is 10.1. The molecule has 2 aromatic rings. The summed E-state index contributed by atoms with van der Waals surface area (Å²) in [6, 6.07) is 13.7. The molecule has 1 aromatic carbocycles. The highest BCUT2D eigenvalue weighted by atomic mass is 19.3. The van der Waals surface area contributed by atoms with E-state index in [1.54, 1.807) is 6.07 Å². The Bertz CT molecular complexity index is 797. The number of halogens is 2. The van der Waals surface area contributed by atoms with Crippen LogP contribution in [0.25, 0.3) is 0 Å². The number of pyridine rings is 1. The summed E-state index contributed by atoms with van der Waals surface area (Å²) >= 11 is 0. The number of rotatable bonds is 6. The smallest absolute Gasteiger partial charge is 0.280 e. The van der Waals surface area contributed by atoms with Gasteiger partial charge in [-0.05, 0) is 30.5 Å². The third kappa shape index (κ3) is 3.86. The van der Waals surface area contributed by atoms with Crippen LogP contribution in [0.1, 0.15) is 55.0 Å². The topological polar surface area (TPSA) is 45.2 Å². The lowest BCUT2D eigenvalue weighted by Crippen LogP contribution is -2.35. The quantitative estimate of drug-likeness (QED) is 0.839. The Balaban J connectivity index is 1.34. The summed E-state index contributed by atoms with van der Waals surface area (Å²) in [6.45, 7) is 2.66. The number of likely N-dealkylation sites (tertiary alicyclic amines) is 1. The van der Waals surface area contributed by atoms with Crippen LogP contribution in [0, 0.1) is 0 Å². The average molecular weight is 371 g/mol. The number of carbonyl (C=O) groups excluding carboxylic acids is 1. The normalized spacial score (nSPS) is 25.9. The van der Waals surface area contributed by atoms with Crippen molar-refractivity contribution in [2.75, 3.05) is 6.54 Å². The van der Waals surface area contributed by atoms with Crippen LogP contribution in [0.4, 0.5) is 8.78 Å². The van der Waals surface area contributed by atoms with Crippen molar-refractivity contribution in [3.63, 3.8) is 0 Å². The third-order valence-electron chi connectivity index (χ3n) is 5.56. The van der Waals surface area contributed by atoms with Gasteiger partial charge >= 0.3 is 0 Å². The van der Waals surface area contributed by atoms with E-state index >= 15 is 0 Å². The van der Waals surface area contributed by atoms with Gasteiger partial charge in [0.1, 0.15) is 5.69 Å². The van der Waals surface area contributed by atoms with Gasteiger partial charge in [-0.15, -0.1) is 0 Å². The van der Waals surface area contributed by atoms with Gasteiger partial charge in [0.05, 0.1) is 0 Å². The number of nitrogens with one attached hydrogen (secondary N) is 1. The zero-order chi connectivity index (χ0) is 19.0. The van der Waals surface area contributed by atoms with E-state index in [0.29, 0.717) is 24.9 Å². The third-order valence-corrected chi connectivity index (χ3v) is 5.56. The number of aromatic nitrogens is 1. The van der Waals surface area contributed by atoms with Crippen molar-refractivity contribution in [2.45, 2.75) is 50.2 Å². The van der Waals surface area contributed by atoms with Crippen LogP contribution in [0.2, 0.25) is 0 Å². The molecule has 1 N–H and O–H groups in total. The molecule has 4 unspecified atom stereocenters. The zero-order valence-electron chi connectivity index (χ0n) is 15.2. The minimum absolute atomic E-state index is 0.0499. The van der Waals surface area contributed by atoms with Crippen molar-refractivity contribution in [3.05, 3.63) is 65.5 Å². The maximum Gasteiger partial charge on any atom is 0.280 e. The lowest BCUT2D eigenvalue weighted by molar-refractivity contribution is -0.128. The van der Waals surface area contributed by atoms with Crippen molar-refractivity contribution >= 4 is 5.91 Å². The van der Waals surface area contributed by atoms with Crippen LogP contribution in [0.15, 0.2) is 48.7 Å². The van der Waals surface area contributed by atoms with Crippen LogP contribution >= 0.6 is 0 Å². The molecule has 142 valence electrons. The fourth-order valence-electron chi connectivity index (χ4n) is 4.00. The van der Waals surface area contributed by atoms with E-state index in [1.165, 1.54) is 17.8 Å². The fourth-order valence-corrected chi connectivity index (χ4v) is 4.00. The molecule has 0 spiro atoms. The van der Waals surface area contributed by atoms with Crippen molar-refractivity contribution in [1.82, 2.24) is 15.2 Å². The summed E-state index contributed by atoms with van der Waals surface area (Å²) in [6.07, 6.45) is 0.432. The molecular weight excluding hydrogens is 348 g/mol. The summed E-state index contributed by atoms with van der Waals surface area (Å²) < 4.78 is 25.3. The van der Waals surface area contributed by atoms with E-state index < -0.39 is 6.43 Å². The summed E-state index contributed by atoms with van der Waals surface area (Å²) in [5.41, 5.74) is 1.93. The van der Waals surface area contributed by atoms with Crippen LogP contribution in [0.3, 0.4) is 0 Å². The van der Waals surface area contributed by atoms with E-state index in [0.717, 1.165) is 12.0 Å². The first kappa shape index (κ1) is 18.0. The van der Waals surface area contributed by atoms with Crippen molar-refractivity contribution in [3.8, 4) is 0 Å². The van der Waals surface area contributed by atoms with Gasteiger partial charge in [-0.3, -0.25) is 9.78 Å². The number of nitrogens with zero attached hydrogens (tertiary/aromatic N) is 2. The Morgan fingerprint density at radius 1 is 1.19 bits per heavy atom. The van der Waals surface area contributed by atoms with Crippen LogP contribution in [-0.2, 0) is 4.79 Å². The number of alkyl halides is 2. The van der Waals surface area contributed by atoms with Gasteiger partial charge in [-0.25, -0.2) is 8.78 Å². The first-order valence-electron chi connectivity index (χ1n) is 9.37. The van der Waals surface area contributed by atoms with Crippen LogP contribution < -0.4 is 5.32 Å². The molecular formula is C21H23F2N3O. The molecule has 0 bridgehead atoms. The highest BCUT2D eigenvalue weighted by Crippen LogP contribution is 2.46. The summed E-state index contributed by atoms with van der Waals surface area (Å²) in [4.78, 5) is 18.3. The Morgan fingerprint density at radius 3 is 2.63 bits per heavy atom. The molecule has 1 aromatic heterocycles. The molecule has 4 atom stereocenters. The number of amides is 1. The predicted octanol–water partition coefficient (Wildman–Crippen LogP) is 3.83. The number of hydrogen-bond donors (Lipinski definition) is 1. The Hall–Kier alpha value is -2.34. The molecule has 4 rings (SSSR count). The first-order valence-corrected chi connectivity index (χ1v) is 9.37. The molecule has 1 aliphatic carbocycles. The number of carbonyl (C=O) groups is 1. The van der Waals surface area contributed by atoms with Gasteiger partial charge in [0.15, 0.2) is 0 Å². The minimum Gasteiger partial charge on any atom is -0.337 e. The second-order valence-corrected chi connectivity index (χ2v) is 7.47. The molecule has 6 heteroatoms. The van der Waals surface area contributed by atoms with E-state index in [-0.39, 0.29) is 23.7 Å². The molecule has 4 nitrogen and oxygen atoms in total. The predicted molar refractivity (Wildman–Crippen MR) is 98.5 cm³/mol. The second kappa shape index (κ2) is 7.35. The Kier molecular flexibility index (Phi) is 4.91. The van der Waals surface area contributed by atoms with Gasteiger partial charge in [0.2, 0.25) is 5.91 Å². The van der Waals surface area contributed by atoms with Crippen LogP contribution in [-0.4, -0.2) is 34.4 Å². The molecule has 2 heterocycles. The van der Waals surface area contributed by atoms with Crippen molar-refractivity contribution in [1.29, 1.82) is 0 Å². The maximum absolute atomic E-state index is 12.6. The van der Waals surface area contributed by atoms with Gasteiger partial charge in [0, 0.05) is 43.2 Å². The number of hydrogen-bond acceptors (Lipinski definition) is 3. The van der Waals surface area contributed by atoms with E-state index in [1.807, 2.05) is 30.0 Å². The Labute approximate surface area is 157 Å². The van der Waals surface area contributed by atoms with E-state index in [9.17, 15) is 13.6 Å². The highest BCUT2D eigenvalue weighted by Gasteiger charge is 2.47. The molecule has 2 fully saturated rings. The molecule has 27 heavy (non-hydrogen) atoms. The molecule has 1 saturated carbocycles. The Morgan fingerprint density at radius 2 is 1.96 bits per heavy atom. The average Bonchev–Trinajstić information content (AvgIpc) is 3.39. The van der Waals surface area contributed by atoms with Gasteiger partial charge < -0.3 is 10.2 Å². The second-order valence-electron chi connectivity index (χ2n) is 7.47. The summed E-state index contributed by atoms with van der Waals surface area (Å²) in [7, 11) is 0.